The van der Waals surface area contributed by atoms with Gasteiger partial charge >= 0.3 is 0 Å². The van der Waals surface area contributed by atoms with Gasteiger partial charge in [0.05, 0.1) is 0 Å². The number of rotatable bonds is 5. The van der Waals surface area contributed by atoms with Crippen LogP contribution in [0.3, 0.4) is 0 Å². The number of halogens is 2. The molecule has 0 saturated heterocycles. The summed E-state index contributed by atoms with van der Waals surface area (Å²) in [4.78, 5) is 2.08. The highest BCUT2D eigenvalue weighted by atomic mass is 35.5. The maximum atomic E-state index is 13.0. The van der Waals surface area contributed by atoms with Gasteiger partial charge in [0.15, 0.2) is 0 Å². The fourth-order valence-corrected chi connectivity index (χ4v) is 1.48. The van der Waals surface area contributed by atoms with Crippen molar-refractivity contribution in [3.63, 3.8) is 0 Å². The molecular weight excluding hydrogens is 213 g/mol. The average Bonchev–Trinajstić information content (AvgIpc) is 2.24. The number of allylic oxidation sites excluding steroid dienone is 1. The number of nitrogens with zero attached hydrogens (tertiary/aromatic N) is 1. The van der Waals surface area contributed by atoms with Crippen molar-refractivity contribution in [3.05, 3.63) is 42.2 Å². The number of hydrogen-bond donors (Lipinski definition) is 0. The fraction of sp³-hybridized carbons (Fsp3) is 0.333. The van der Waals surface area contributed by atoms with Gasteiger partial charge < -0.3 is 4.90 Å². The van der Waals surface area contributed by atoms with Gasteiger partial charge in [-0.15, -0.1) is 11.6 Å². The Bertz CT molecular complexity index is 325. The molecule has 0 aromatic heterocycles. The van der Waals surface area contributed by atoms with E-state index in [4.69, 9.17) is 11.6 Å². The lowest BCUT2D eigenvalue weighted by Gasteiger charge is -2.21. The summed E-state index contributed by atoms with van der Waals surface area (Å²) < 4.78 is 13.0. The number of hydrogen-bond acceptors (Lipinski definition) is 1. The average molecular weight is 228 g/mol. The molecule has 0 atom stereocenters. The molecule has 0 bridgehead atoms. The van der Waals surface area contributed by atoms with E-state index >= 15 is 0 Å². The largest absolute Gasteiger partial charge is 0.368 e. The SMILES string of the molecule is CCN(CC=CCCl)c1cccc(F)c1. The number of anilines is 1. The van der Waals surface area contributed by atoms with Crippen molar-refractivity contribution < 1.29 is 4.39 Å². The van der Waals surface area contributed by atoms with Crippen molar-refractivity contribution in [2.24, 2.45) is 0 Å². The maximum absolute atomic E-state index is 13.0. The Hall–Kier alpha value is -1.02. The molecule has 0 radical (unpaired) electrons. The van der Waals surface area contributed by atoms with Crippen LogP contribution in [0.5, 0.6) is 0 Å². The molecule has 0 aliphatic rings. The van der Waals surface area contributed by atoms with Crippen molar-refractivity contribution in [1.82, 2.24) is 0 Å². The van der Waals surface area contributed by atoms with Crippen molar-refractivity contribution >= 4 is 17.3 Å². The van der Waals surface area contributed by atoms with Crippen molar-refractivity contribution in [1.29, 1.82) is 0 Å². The third-order valence-electron chi connectivity index (χ3n) is 2.14. The number of alkyl halides is 1. The molecule has 82 valence electrons. The number of likely N-dealkylation sites (N-methyl/N-ethyl adjacent to an activating group) is 1. The third-order valence-corrected chi connectivity index (χ3v) is 2.31. The topological polar surface area (TPSA) is 3.24 Å². The van der Waals surface area contributed by atoms with Gasteiger partial charge in [-0.1, -0.05) is 18.2 Å². The minimum atomic E-state index is -0.202. The molecule has 0 unspecified atom stereocenters. The van der Waals surface area contributed by atoms with E-state index < -0.39 is 0 Å². The Morgan fingerprint density at radius 2 is 2.20 bits per heavy atom. The first kappa shape index (κ1) is 12.1. The molecule has 3 heteroatoms. The lowest BCUT2D eigenvalue weighted by atomic mass is 10.2. The standard InChI is InChI=1S/C12H15ClFN/c1-2-15(9-4-3-8-13)12-7-5-6-11(14)10-12/h3-7,10H,2,8-9H2,1H3. The molecule has 0 fully saturated rings. The molecule has 1 rings (SSSR count). The van der Waals surface area contributed by atoms with E-state index in [2.05, 4.69) is 4.90 Å². The van der Waals surface area contributed by atoms with Gasteiger partial charge in [-0.25, -0.2) is 4.39 Å². The Labute approximate surface area is 95.2 Å². The van der Waals surface area contributed by atoms with Gasteiger partial charge in [0.2, 0.25) is 0 Å². The second kappa shape index (κ2) is 6.46. The summed E-state index contributed by atoms with van der Waals surface area (Å²) in [6.07, 6.45) is 3.88. The normalized spacial score (nSPS) is 10.9. The lowest BCUT2D eigenvalue weighted by molar-refractivity contribution is 0.627. The van der Waals surface area contributed by atoms with Crippen LogP contribution in [0.25, 0.3) is 0 Å². The Morgan fingerprint density at radius 1 is 1.40 bits per heavy atom. The maximum Gasteiger partial charge on any atom is 0.125 e. The summed E-state index contributed by atoms with van der Waals surface area (Å²) in [6.45, 7) is 3.64. The van der Waals surface area contributed by atoms with Crippen LogP contribution in [0.1, 0.15) is 6.92 Å². The van der Waals surface area contributed by atoms with E-state index in [-0.39, 0.29) is 5.82 Å². The van der Waals surface area contributed by atoms with Crippen molar-refractivity contribution in [2.45, 2.75) is 6.92 Å². The second-order valence-corrected chi connectivity index (χ2v) is 3.45. The third kappa shape index (κ3) is 3.92. The molecule has 15 heavy (non-hydrogen) atoms. The Kier molecular flexibility index (Phi) is 5.19. The first-order chi connectivity index (χ1) is 7.27. The highest BCUT2D eigenvalue weighted by molar-refractivity contribution is 6.18. The summed E-state index contributed by atoms with van der Waals surface area (Å²) in [5.41, 5.74) is 0.900. The van der Waals surface area contributed by atoms with Crippen LogP contribution < -0.4 is 4.90 Å². The summed E-state index contributed by atoms with van der Waals surface area (Å²) in [5.74, 6) is 0.313. The van der Waals surface area contributed by atoms with Crippen LogP contribution >= 0.6 is 11.6 Å². The van der Waals surface area contributed by atoms with E-state index in [1.807, 2.05) is 25.1 Å². The minimum Gasteiger partial charge on any atom is -0.368 e. The molecule has 0 spiro atoms. The zero-order valence-corrected chi connectivity index (χ0v) is 9.54. The van der Waals surface area contributed by atoms with E-state index in [0.717, 1.165) is 18.8 Å². The summed E-state index contributed by atoms with van der Waals surface area (Å²) >= 11 is 5.53. The molecule has 0 saturated carbocycles. The van der Waals surface area contributed by atoms with Gasteiger partial charge in [0.1, 0.15) is 5.82 Å². The van der Waals surface area contributed by atoms with Crippen LogP contribution in [-0.4, -0.2) is 19.0 Å². The molecule has 1 nitrogen and oxygen atoms in total. The zero-order valence-electron chi connectivity index (χ0n) is 8.79. The van der Waals surface area contributed by atoms with E-state index in [1.165, 1.54) is 12.1 Å². The Morgan fingerprint density at radius 3 is 2.80 bits per heavy atom. The van der Waals surface area contributed by atoms with Gasteiger partial charge in [0.25, 0.3) is 0 Å². The van der Waals surface area contributed by atoms with Gasteiger partial charge in [-0.3, -0.25) is 0 Å². The summed E-state index contributed by atoms with van der Waals surface area (Å²) in [6, 6.07) is 6.61. The van der Waals surface area contributed by atoms with Gasteiger partial charge in [-0.2, -0.15) is 0 Å². The van der Waals surface area contributed by atoms with Crippen LogP contribution in [0.2, 0.25) is 0 Å². The van der Waals surface area contributed by atoms with Crippen LogP contribution in [0, 0.1) is 5.82 Å². The van der Waals surface area contributed by atoms with Gasteiger partial charge in [0, 0.05) is 24.7 Å². The summed E-state index contributed by atoms with van der Waals surface area (Å²) in [5, 5.41) is 0. The first-order valence-corrected chi connectivity index (χ1v) is 5.53. The molecule has 0 N–H and O–H groups in total. The molecular formula is C12H15ClFN. The predicted molar refractivity (Wildman–Crippen MR) is 64.1 cm³/mol. The molecule has 1 aromatic rings. The lowest BCUT2D eigenvalue weighted by Crippen LogP contribution is -2.22. The highest BCUT2D eigenvalue weighted by Gasteiger charge is 2.02. The zero-order chi connectivity index (χ0) is 11.1. The molecule has 1 aromatic carbocycles. The minimum absolute atomic E-state index is 0.202. The number of benzene rings is 1. The summed E-state index contributed by atoms with van der Waals surface area (Å²) in [7, 11) is 0. The van der Waals surface area contributed by atoms with E-state index in [9.17, 15) is 4.39 Å². The molecule has 0 heterocycles. The predicted octanol–water partition coefficient (Wildman–Crippen LogP) is 3.45. The van der Waals surface area contributed by atoms with E-state index in [0.29, 0.717) is 5.88 Å². The molecule has 0 aliphatic heterocycles. The monoisotopic (exact) mass is 227 g/mol. The fourth-order valence-electron chi connectivity index (χ4n) is 1.35. The smallest absolute Gasteiger partial charge is 0.125 e. The van der Waals surface area contributed by atoms with Crippen LogP contribution in [0.4, 0.5) is 10.1 Å². The van der Waals surface area contributed by atoms with Crippen LogP contribution in [0.15, 0.2) is 36.4 Å². The molecule has 0 amide bonds. The van der Waals surface area contributed by atoms with E-state index in [1.54, 1.807) is 6.07 Å². The van der Waals surface area contributed by atoms with Crippen molar-refractivity contribution in [2.75, 3.05) is 23.9 Å². The highest BCUT2D eigenvalue weighted by Crippen LogP contribution is 2.14. The van der Waals surface area contributed by atoms with Crippen LogP contribution in [-0.2, 0) is 0 Å². The second-order valence-electron chi connectivity index (χ2n) is 3.14. The first-order valence-electron chi connectivity index (χ1n) is 4.99. The Balaban J connectivity index is 2.69. The quantitative estimate of drug-likeness (QED) is 0.550. The van der Waals surface area contributed by atoms with Crippen molar-refractivity contribution in [3.8, 4) is 0 Å². The molecule has 0 aliphatic carbocycles. The van der Waals surface area contributed by atoms with Gasteiger partial charge in [-0.05, 0) is 25.1 Å².